The molecular formula is C16H11ClN4. The SMILES string of the molecule is CN(c1ccc(C#N)cc1)c1nnc(Cl)c2ccccc12. The average Bonchev–Trinajstić information content (AvgIpc) is 2.55. The van der Waals surface area contributed by atoms with Gasteiger partial charge in [0.2, 0.25) is 0 Å². The van der Waals surface area contributed by atoms with Crippen molar-refractivity contribution in [2.45, 2.75) is 0 Å². The van der Waals surface area contributed by atoms with E-state index >= 15 is 0 Å². The highest BCUT2D eigenvalue weighted by molar-refractivity contribution is 6.34. The van der Waals surface area contributed by atoms with Crippen LogP contribution < -0.4 is 4.90 Å². The Balaban J connectivity index is 2.11. The number of aromatic nitrogens is 2. The number of nitrogens with zero attached hydrogens (tertiary/aromatic N) is 4. The summed E-state index contributed by atoms with van der Waals surface area (Å²) in [7, 11) is 1.91. The molecule has 0 aliphatic rings. The second-order valence-corrected chi connectivity index (χ2v) is 4.94. The molecule has 0 spiro atoms. The maximum absolute atomic E-state index is 8.86. The predicted octanol–water partition coefficient (Wildman–Crippen LogP) is 3.92. The Hall–Kier alpha value is -2.64. The first kappa shape index (κ1) is 13.3. The van der Waals surface area contributed by atoms with E-state index in [1.807, 2.05) is 48.3 Å². The zero-order valence-corrected chi connectivity index (χ0v) is 12.0. The molecule has 0 saturated carbocycles. The molecule has 2 aromatic carbocycles. The molecule has 21 heavy (non-hydrogen) atoms. The van der Waals surface area contributed by atoms with Gasteiger partial charge < -0.3 is 4.90 Å². The molecule has 0 saturated heterocycles. The van der Waals surface area contributed by atoms with Crippen LogP contribution >= 0.6 is 11.6 Å². The smallest absolute Gasteiger partial charge is 0.163 e. The van der Waals surface area contributed by atoms with Gasteiger partial charge in [0.25, 0.3) is 0 Å². The highest BCUT2D eigenvalue weighted by Crippen LogP contribution is 2.31. The molecule has 1 heterocycles. The lowest BCUT2D eigenvalue weighted by molar-refractivity contribution is 1.01. The van der Waals surface area contributed by atoms with Gasteiger partial charge in [-0.1, -0.05) is 35.9 Å². The Morgan fingerprint density at radius 2 is 1.67 bits per heavy atom. The van der Waals surface area contributed by atoms with E-state index in [1.54, 1.807) is 12.1 Å². The van der Waals surface area contributed by atoms with Crippen molar-refractivity contribution in [1.82, 2.24) is 10.2 Å². The Morgan fingerprint density at radius 1 is 1.00 bits per heavy atom. The average molecular weight is 295 g/mol. The first-order valence-electron chi connectivity index (χ1n) is 6.35. The summed E-state index contributed by atoms with van der Waals surface area (Å²) < 4.78 is 0. The molecule has 0 aliphatic heterocycles. The molecule has 0 radical (unpaired) electrons. The molecule has 3 rings (SSSR count). The third-order valence-electron chi connectivity index (χ3n) is 3.32. The quantitative estimate of drug-likeness (QED) is 0.719. The molecule has 0 atom stereocenters. The highest BCUT2D eigenvalue weighted by Gasteiger charge is 2.12. The number of hydrogen-bond acceptors (Lipinski definition) is 4. The van der Waals surface area contributed by atoms with Crippen molar-refractivity contribution in [3.63, 3.8) is 0 Å². The number of fused-ring (bicyclic) bond motifs is 1. The summed E-state index contributed by atoms with van der Waals surface area (Å²) in [6, 6.07) is 17.2. The summed E-state index contributed by atoms with van der Waals surface area (Å²) in [6.07, 6.45) is 0. The minimum Gasteiger partial charge on any atom is -0.327 e. The number of halogens is 1. The van der Waals surface area contributed by atoms with Crippen LogP contribution in [0, 0.1) is 11.3 Å². The van der Waals surface area contributed by atoms with Gasteiger partial charge in [0.15, 0.2) is 11.0 Å². The topological polar surface area (TPSA) is 52.8 Å². The van der Waals surface area contributed by atoms with Gasteiger partial charge in [-0.3, -0.25) is 0 Å². The Bertz CT molecular complexity index is 837. The van der Waals surface area contributed by atoms with E-state index in [2.05, 4.69) is 16.3 Å². The molecule has 102 valence electrons. The van der Waals surface area contributed by atoms with Crippen LogP contribution in [0.15, 0.2) is 48.5 Å². The lowest BCUT2D eigenvalue weighted by Crippen LogP contribution is -2.12. The van der Waals surface area contributed by atoms with E-state index in [-0.39, 0.29) is 0 Å². The largest absolute Gasteiger partial charge is 0.327 e. The molecule has 0 bridgehead atoms. The Kier molecular flexibility index (Phi) is 3.43. The van der Waals surface area contributed by atoms with Crippen LogP contribution in [0.25, 0.3) is 10.8 Å². The van der Waals surface area contributed by atoms with Gasteiger partial charge >= 0.3 is 0 Å². The third kappa shape index (κ3) is 2.39. The standard InChI is InChI=1S/C16H11ClN4/c1-21(12-8-6-11(10-18)7-9-12)16-14-5-3-2-4-13(14)15(17)19-20-16/h2-9H,1H3. The highest BCUT2D eigenvalue weighted by atomic mass is 35.5. The number of benzene rings is 2. The molecule has 0 amide bonds. The van der Waals surface area contributed by atoms with E-state index in [0.717, 1.165) is 22.3 Å². The Labute approximate surface area is 127 Å². The minimum absolute atomic E-state index is 0.391. The Morgan fingerprint density at radius 3 is 2.33 bits per heavy atom. The van der Waals surface area contributed by atoms with E-state index in [4.69, 9.17) is 16.9 Å². The number of rotatable bonds is 2. The summed E-state index contributed by atoms with van der Waals surface area (Å²) in [5.41, 5.74) is 1.55. The van der Waals surface area contributed by atoms with Gasteiger partial charge in [-0.25, -0.2) is 0 Å². The van der Waals surface area contributed by atoms with Crippen LogP contribution in [0.1, 0.15) is 5.56 Å². The third-order valence-corrected chi connectivity index (χ3v) is 3.60. The molecule has 0 N–H and O–H groups in total. The van der Waals surface area contributed by atoms with E-state index in [0.29, 0.717) is 10.7 Å². The fraction of sp³-hybridized carbons (Fsp3) is 0.0625. The first-order chi connectivity index (χ1) is 10.2. The van der Waals surface area contributed by atoms with Crippen molar-refractivity contribution >= 4 is 33.9 Å². The molecule has 5 heteroatoms. The van der Waals surface area contributed by atoms with E-state index < -0.39 is 0 Å². The van der Waals surface area contributed by atoms with Crippen molar-refractivity contribution < 1.29 is 0 Å². The van der Waals surface area contributed by atoms with Crippen LogP contribution in [-0.2, 0) is 0 Å². The van der Waals surface area contributed by atoms with Gasteiger partial charge in [-0.05, 0) is 24.3 Å². The van der Waals surface area contributed by atoms with Crippen LogP contribution in [0.2, 0.25) is 5.15 Å². The molecule has 1 aromatic heterocycles. The maximum atomic E-state index is 8.86. The summed E-state index contributed by atoms with van der Waals surface area (Å²) in [6.45, 7) is 0. The fourth-order valence-corrected chi connectivity index (χ4v) is 2.39. The summed E-state index contributed by atoms with van der Waals surface area (Å²) in [5, 5.41) is 19.3. The van der Waals surface area contributed by atoms with Crippen LogP contribution in [0.4, 0.5) is 11.5 Å². The number of nitriles is 1. The maximum Gasteiger partial charge on any atom is 0.163 e. The predicted molar refractivity (Wildman–Crippen MR) is 83.8 cm³/mol. The lowest BCUT2D eigenvalue weighted by Gasteiger charge is -2.19. The molecule has 0 aliphatic carbocycles. The van der Waals surface area contributed by atoms with Crippen LogP contribution in [-0.4, -0.2) is 17.2 Å². The fourth-order valence-electron chi connectivity index (χ4n) is 2.19. The zero-order valence-electron chi connectivity index (χ0n) is 11.3. The molecule has 0 fully saturated rings. The van der Waals surface area contributed by atoms with Gasteiger partial charge in [-0.15, -0.1) is 10.2 Å². The molecule has 0 unspecified atom stereocenters. The minimum atomic E-state index is 0.391. The van der Waals surface area contributed by atoms with Crippen molar-refractivity contribution in [1.29, 1.82) is 5.26 Å². The van der Waals surface area contributed by atoms with E-state index in [9.17, 15) is 0 Å². The molecule has 3 aromatic rings. The molecule has 4 nitrogen and oxygen atoms in total. The van der Waals surface area contributed by atoms with Gasteiger partial charge in [-0.2, -0.15) is 5.26 Å². The van der Waals surface area contributed by atoms with Crippen LogP contribution in [0.3, 0.4) is 0 Å². The summed E-state index contributed by atoms with van der Waals surface area (Å²) in [4.78, 5) is 1.92. The van der Waals surface area contributed by atoms with Crippen LogP contribution in [0.5, 0.6) is 0 Å². The van der Waals surface area contributed by atoms with Gasteiger partial charge in [0, 0.05) is 23.5 Å². The normalized spacial score (nSPS) is 10.3. The lowest BCUT2D eigenvalue weighted by atomic mass is 10.1. The summed E-state index contributed by atoms with van der Waals surface area (Å²) >= 11 is 6.09. The summed E-state index contributed by atoms with van der Waals surface area (Å²) in [5.74, 6) is 0.722. The zero-order chi connectivity index (χ0) is 14.8. The van der Waals surface area contributed by atoms with Crippen molar-refractivity contribution in [2.75, 3.05) is 11.9 Å². The van der Waals surface area contributed by atoms with Crippen molar-refractivity contribution in [2.24, 2.45) is 0 Å². The number of anilines is 2. The second-order valence-electron chi connectivity index (χ2n) is 4.58. The first-order valence-corrected chi connectivity index (χ1v) is 6.73. The monoisotopic (exact) mass is 294 g/mol. The van der Waals surface area contributed by atoms with E-state index in [1.165, 1.54) is 0 Å². The van der Waals surface area contributed by atoms with Crippen molar-refractivity contribution in [3.05, 3.63) is 59.2 Å². The second kappa shape index (κ2) is 5.39. The molecular weight excluding hydrogens is 284 g/mol. The number of hydrogen-bond donors (Lipinski definition) is 0. The van der Waals surface area contributed by atoms with Gasteiger partial charge in [0.05, 0.1) is 11.6 Å². The van der Waals surface area contributed by atoms with Crippen molar-refractivity contribution in [3.8, 4) is 6.07 Å². The van der Waals surface area contributed by atoms with Gasteiger partial charge in [0.1, 0.15) is 0 Å².